The number of aliphatic carboxylic acids is 1. The third kappa shape index (κ3) is 4.39. The molecule has 1 aliphatic heterocycles. The van der Waals surface area contributed by atoms with Gasteiger partial charge in [-0.15, -0.1) is 0 Å². The Balaban J connectivity index is 1.70. The number of hydrogen-bond donors (Lipinski definition) is 2. The highest BCUT2D eigenvalue weighted by molar-refractivity contribution is 7.99. The Kier molecular flexibility index (Phi) is 5.65. The van der Waals surface area contributed by atoms with Crippen LogP contribution in [0.1, 0.15) is 23.2 Å². The maximum Gasteiger partial charge on any atom is 0.329 e. The van der Waals surface area contributed by atoms with E-state index in [0.29, 0.717) is 30.4 Å². The lowest BCUT2D eigenvalue weighted by Gasteiger charge is -2.33. The topological polar surface area (TPSA) is 75.6 Å². The smallest absolute Gasteiger partial charge is 0.329 e. The number of carboxylic acid groups (broad SMARTS) is 1. The Morgan fingerprint density at radius 3 is 2.33 bits per heavy atom. The highest BCUT2D eigenvalue weighted by Gasteiger charge is 2.41. The zero-order chi connectivity index (χ0) is 19.4. The van der Waals surface area contributed by atoms with Crippen LogP contribution < -0.4 is 10.1 Å². The van der Waals surface area contributed by atoms with Gasteiger partial charge >= 0.3 is 5.97 Å². The second-order valence-electron chi connectivity index (χ2n) is 6.15. The number of amides is 1. The number of carbonyl (C=O) groups is 2. The summed E-state index contributed by atoms with van der Waals surface area (Å²) in [6.45, 7) is 0. The van der Waals surface area contributed by atoms with Gasteiger partial charge in [-0.3, -0.25) is 4.79 Å². The summed E-state index contributed by atoms with van der Waals surface area (Å²) in [5.74, 6) is -1.62. The summed E-state index contributed by atoms with van der Waals surface area (Å²) in [5, 5.41) is 12.2. The van der Waals surface area contributed by atoms with Gasteiger partial charge in [0.15, 0.2) is 11.6 Å². The third-order valence-electron chi connectivity index (χ3n) is 4.35. The first-order chi connectivity index (χ1) is 12.9. The number of ether oxygens (including phenoxy) is 1. The van der Waals surface area contributed by atoms with Crippen LogP contribution in [0.4, 0.5) is 8.78 Å². The zero-order valence-electron chi connectivity index (χ0n) is 14.2. The molecular formula is C19H17F2NO4S. The Hall–Kier alpha value is -2.61. The van der Waals surface area contributed by atoms with Gasteiger partial charge in [0, 0.05) is 11.6 Å². The molecule has 0 spiro atoms. The lowest BCUT2D eigenvalue weighted by molar-refractivity contribution is -0.144. The minimum absolute atomic E-state index is 0.141. The van der Waals surface area contributed by atoms with Crippen molar-refractivity contribution in [3.63, 3.8) is 0 Å². The predicted octanol–water partition coefficient (Wildman–Crippen LogP) is 3.84. The van der Waals surface area contributed by atoms with Crippen molar-refractivity contribution in [2.75, 3.05) is 11.5 Å². The molecule has 8 heteroatoms. The van der Waals surface area contributed by atoms with Gasteiger partial charge in [0.2, 0.25) is 0 Å². The van der Waals surface area contributed by atoms with Crippen molar-refractivity contribution >= 4 is 23.6 Å². The van der Waals surface area contributed by atoms with Crippen LogP contribution in [-0.2, 0) is 4.79 Å². The monoisotopic (exact) mass is 393 g/mol. The van der Waals surface area contributed by atoms with Crippen LogP contribution in [0.25, 0.3) is 0 Å². The average Bonchev–Trinajstić information content (AvgIpc) is 2.65. The second kappa shape index (κ2) is 7.96. The van der Waals surface area contributed by atoms with E-state index in [2.05, 4.69) is 5.32 Å². The molecule has 5 nitrogen and oxygen atoms in total. The molecule has 2 aromatic rings. The normalized spacial score (nSPS) is 15.8. The molecule has 0 aliphatic carbocycles. The maximum absolute atomic E-state index is 13.6. The molecule has 1 fully saturated rings. The molecular weight excluding hydrogens is 376 g/mol. The molecule has 3 rings (SSSR count). The van der Waals surface area contributed by atoms with E-state index in [-0.39, 0.29) is 17.1 Å². The molecule has 1 saturated heterocycles. The summed E-state index contributed by atoms with van der Waals surface area (Å²) >= 11 is 1.66. The summed E-state index contributed by atoms with van der Waals surface area (Å²) in [5.41, 5.74) is -0.991. The first-order valence-corrected chi connectivity index (χ1v) is 9.42. The quantitative estimate of drug-likeness (QED) is 0.807. The van der Waals surface area contributed by atoms with Gasteiger partial charge in [0.05, 0.1) is 0 Å². The molecule has 1 amide bonds. The fourth-order valence-electron chi connectivity index (χ4n) is 2.76. The standard InChI is InChI=1S/C19H17F2NO4S/c20-13-3-6-16(15(21)11-13)26-14-4-1-12(2-5-14)17(23)22-19(18(24)25)7-9-27-10-8-19/h1-6,11H,7-10H2,(H,22,23)(H,24,25). The summed E-state index contributed by atoms with van der Waals surface area (Å²) in [6.07, 6.45) is 0.730. The van der Waals surface area contributed by atoms with Crippen molar-refractivity contribution in [1.29, 1.82) is 0 Å². The van der Waals surface area contributed by atoms with Crippen molar-refractivity contribution in [3.8, 4) is 11.5 Å². The second-order valence-corrected chi connectivity index (χ2v) is 7.38. The molecule has 2 aromatic carbocycles. The molecule has 0 aromatic heterocycles. The van der Waals surface area contributed by atoms with E-state index in [0.717, 1.165) is 6.07 Å². The van der Waals surface area contributed by atoms with Gasteiger partial charge in [0.25, 0.3) is 5.91 Å². The highest BCUT2D eigenvalue weighted by Crippen LogP contribution is 2.28. The number of nitrogens with one attached hydrogen (secondary N) is 1. The number of benzene rings is 2. The van der Waals surface area contributed by atoms with Crippen LogP contribution in [0.2, 0.25) is 0 Å². The number of halogens is 2. The predicted molar refractivity (Wildman–Crippen MR) is 97.3 cm³/mol. The minimum Gasteiger partial charge on any atom is -0.480 e. The van der Waals surface area contributed by atoms with Crippen molar-refractivity contribution in [2.24, 2.45) is 0 Å². The van der Waals surface area contributed by atoms with Gasteiger partial charge in [-0.1, -0.05) is 0 Å². The SMILES string of the molecule is O=C(NC1(C(=O)O)CCSCC1)c1ccc(Oc2ccc(F)cc2F)cc1. The van der Waals surface area contributed by atoms with Crippen molar-refractivity contribution in [3.05, 3.63) is 59.7 Å². The largest absolute Gasteiger partial charge is 0.480 e. The molecule has 142 valence electrons. The van der Waals surface area contributed by atoms with Gasteiger partial charge < -0.3 is 15.2 Å². The number of thioether (sulfide) groups is 1. The summed E-state index contributed by atoms with van der Waals surface area (Å²) in [4.78, 5) is 24.1. The maximum atomic E-state index is 13.6. The van der Waals surface area contributed by atoms with E-state index in [1.54, 1.807) is 11.8 Å². The Morgan fingerprint density at radius 2 is 1.74 bits per heavy atom. The molecule has 0 bridgehead atoms. The summed E-state index contributed by atoms with van der Waals surface area (Å²) in [7, 11) is 0. The minimum atomic E-state index is -1.26. The van der Waals surface area contributed by atoms with E-state index < -0.39 is 29.0 Å². The molecule has 27 heavy (non-hydrogen) atoms. The van der Waals surface area contributed by atoms with Gasteiger partial charge in [0.1, 0.15) is 17.1 Å². The molecule has 1 heterocycles. The third-order valence-corrected chi connectivity index (χ3v) is 5.33. The summed E-state index contributed by atoms with van der Waals surface area (Å²) in [6, 6.07) is 8.80. The number of hydrogen-bond acceptors (Lipinski definition) is 4. The molecule has 0 saturated carbocycles. The number of carboxylic acids is 1. The first-order valence-electron chi connectivity index (χ1n) is 8.26. The molecule has 1 aliphatic rings. The zero-order valence-corrected chi connectivity index (χ0v) is 15.0. The highest BCUT2D eigenvalue weighted by atomic mass is 32.2. The van der Waals surface area contributed by atoms with Crippen molar-refractivity contribution in [1.82, 2.24) is 5.32 Å². The lowest BCUT2D eigenvalue weighted by atomic mass is 9.92. The van der Waals surface area contributed by atoms with Crippen LogP contribution in [0.15, 0.2) is 42.5 Å². The van der Waals surface area contributed by atoms with Gasteiger partial charge in [-0.05, 0) is 60.7 Å². The Labute approximate surface area is 158 Å². The Bertz CT molecular complexity index is 851. The Morgan fingerprint density at radius 1 is 1.07 bits per heavy atom. The fourth-order valence-corrected chi connectivity index (χ4v) is 3.95. The van der Waals surface area contributed by atoms with Crippen LogP contribution in [0.3, 0.4) is 0 Å². The van der Waals surface area contributed by atoms with E-state index in [4.69, 9.17) is 4.74 Å². The van der Waals surface area contributed by atoms with Crippen LogP contribution in [-0.4, -0.2) is 34.0 Å². The molecule has 2 N–H and O–H groups in total. The van der Waals surface area contributed by atoms with Crippen molar-refractivity contribution in [2.45, 2.75) is 18.4 Å². The van der Waals surface area contributed by atoms with Crippen LogP contribution in [0.5, 0.6) is 11.5 Å². The molecule has 0 atom stereocenters. The average molecular weight is 393 g/mol. The fraction of sp³-hybridized carbons (Fsp3) is 0.263. The van der Waals surface area contributed by atoms with Crippen LogP contribution in [0, 0.1) is 11.6 Å². The summed E-state index contributed by atoms with van der Waals surface area (Å²) < 4.78 is 31.9. The van der Waals surface area contributed by atoms with Gasteiger partial charge in [-0.2, -0.15) is 11.8 Å². The van der Waals surface area contributed by atoms with Crippen molar-refractivity contribution < 1.29 is 28.2 Å². The number of carbonyl (C=O) groups excluding carboxylic acids is 1. The van der Waals surface area contributed by atoms with Crippen LogP contribution >= 0.6 is 11.8 Å². The van der Waals surface area contributed by atoms with Gasteiger partial charge in [-0.25, -0.2) is 13.6 Å². The van der Waals surface area contributed by atoms with E-state index >= 15 is 0 Å². The van der Waals surface area contributed by atoms with E-state index in [1.807, 2.05) is 0 Å². The van der Waals surface area contributed by atoms with E-state index in [9.17, 15) is 23.5 Å². The molecule has 0 radical (unpaired) electrons. The molecule has 0 unspecified atom stereocenters. The number of rotatable bonds is 5. The first kappa shape index (κ1) is 19.2. The van der Waals surface area contributed by atoms with E-state index in [1.165, 1.54) is 30.3 Å². The lowest BCUT2D eigenvalue weighted by Crippen LogP contribution is -2.56.